The largest absolute Gasteiger partial charge is 0.356 e. The quantitative estimate of drug-likeness (QED) is 0.829. The molecule has 3 nitrogen and oxygen atoms in total. The number of hydrogen-bond acceptors (Lipinski definition) is 1. The Labute approximate surface area is 113 Å². The Hall–Kier alpha value is -1.41. The summed E-state index contributed by atoms with van der Waals surface area (Å²) in [5.74, 6) is 0. The standard InChI is InChI=1S/C15H17O3P/c1-10-6-4-5-7-14(10)13-8-11(2)15(12(3)9-13)19(16,17)18/h4-9H,1-3H3,(H2,16,17,18). The van der Waals surface area contributed by atoms with Gasteiger partial charge in [0.05, 0.1) is 5.30 Å². The molecule has 2 rings (SSSR count). The summed E-state index contributed by atoms with van der Waals surface area (Å²) in [4.78, 5) is 18.8. The zero-order valence-corrected chi connectivity index (χ0v) is 12.1. The van der Waals surface area contributed by atoms with Gasteiger partial charge in [-0.2, -0.15) is 0 Å². The van der Waals surface area contributed by atoms with Crippen LogP contribution in [0.15, 0.2) is 36.4 Å². The molecule has 0 aliphatic rings. The predicted octanol–water partition coefficient (Wildman–Crippen LogP) is 3.08. The van der Waals surface area contributed by atoms with Gasteiger partial charge in [-0.3, -0.25) is 4.57 Å². The molecule has 0 bridgehead atoms. The summed E-state index contributed by atoms with van der Waals surface area (Å²) in [6, 6.07) is 11.7. The molecule has 2 aromatic carbocycles. The van der Waals surface area contributed by atoms with Crippen molar-refractivity contribution in [3.63, 3.8) is 0 Å². The van der Waals surface area contributed by atoms with Gasteiger partial charge in [0.1, 0.15) is 0 Å². The summed E-state index contributed by atoms with van der Waals surface area (Å²) < 4.78 is 11.5. The van der Waals surface area contributed by atoms with Crippen LogP contribution in [0.25, 0.3) is 11.1 Å². The highest BCUT2D eigenvalue weighted by Crippen LogP contribution is 2.37. The van der Waals surface area contributed by atoms with Crippen LogP contribution >= 0.6 is 7.60 Å². The Morgan fingerprint density at radius 3 is 1.89 bits per heavy atom. The third-order valence-electron chi connectivity index (χ3n) is 3.24. The van der Waals surface area contributed by atoms with Crippen molar-refractivity contribution in [3.05, 3.63) is 53.1 Å². The van der Waals surface area contributed by atoms with Gasteiger partial charge in [0.15, 0.2) is 0 Å². The molecule has 0 saturated carbocycles. The minimum atomic E-state index is -4.22. The number of hydrogen-bond donors (Lipinski definition) is 2. The summed E-state index contributed by atoms with van der Waals surface area (Å²) in [5.41, 5.74) is 4.49. The lowest BCUT2D eigenvalue weighted by molar-refractivity contribution is 0.387. The molecule has 0 aliphatic carbocycles. The zero-order chi connectivity index (χ0) is 14.2. The first-order valence-electron chi connectivity index (χ1n) is 6.04. The lowest BCUT2D eigenvalue weighted by Crippen LogP contribution is -2.12. The van der Waals surface area contributed by atoms with Crippen LogP contribution in [0.1, 0.15) is 16.7 Å². The maximum absolute atomic E-state index is 11.5. The second-order valence-electron chi connectivity index (χ2n) is 4.82. The van der Waals surface area contributed by atoms with Crippen molar-refractivity contribution < 1.29 is 14.4 Å². The highest BCUT2D eigenvalue weighted by molar-refractivity contribution is 7.60. The number of rotatable bonds is 2. The molecule has 0 heterocycles. The van der Waals surface area contributed by atoms with Gasteiger partial charge < -0.3 is 9.79 Å². The Morgan fingerprint density at radius 2 is 1.42 bits per heavy atom. The van der Waals surface area contributed by atoms with E-state index in [0.29, 0.717) is 11.1 Å². The van der Waals surface area contributed by atoms with E-state index >= 15 is 0 Å². The Morgan fingerprint density at radius 1 is 0.895 bits per heavy atom. The lowest BCUT2D eigenvalue weighted by Gasteiger charge is -2.14. The second-order valence-corrected chi connectivity index (χ2v) is 6.35. The van der Waals surface area contributed by atoms with Crippen molar-refractivity contribution >= 4 is 12.9 Å². The molecule has 4 heteroatoms. The van der Waals surface area contributed by atoms with Gasteiger partial charge in [0.25, 0.3) is 0 Å². The predicted molar refractivity (Wildman–Crippen MR) is 77.8 cm³/mol. The van der Waals surface area contributed by atoms with E-state index in [4.69, 9.17) is 0 Å². The summed E-state index contributed by atoms with van der Waals surface area (Å²) >= 11 is 0. The van der Waals surface area contributed by atoms with Crippen LogP contribution in [0.3, 0.4) is 0 Å². The summed E-state index contributed by atoms with van der Waals surface area (Å²) in [5, 5.41) is 0.143. The first-order valence-corrected chi connectivity index (χ1v) is 7.65. The summed E-state index contributed by atoms with van der Waals surface area (Å²) in [7, 11) is -4.22. The third kappa shape index (κ3) is 2.79. The fourth-order valence-electron chi connectivity index (χ4n) is 2.47. The van der Waals surface area contributed by atoms with Crippen LogP contribution in [-0.2, 0) is 4.57 Å². The van der Waals surface area contributed by atoms with Gasteiger partial charge in [-0.05, 0) is 48.6 Å². The maximum Gasteiger partial charge on any atom is 0.356 e. The highest BCUT2D eigenvalue weighted by atomic mass is 31.2. The Kier molecular flexibility index (Phi) is 3.64. The lowest BCUT2D eigenvalue weighted by atomic mass is 9.97. The van der Waals surface area contributed by atoms with Crippen LogP contribution in [-0.4, -0.2) is 9.79 Å². The van der Waals surface area contributed by atoms with Crippen molar-refractivity contribution in [1.82, 2.24) is 0 Å². The molecule has 0 aliphatic heterocycles. The smallest absolute Gasteiger partial charge is 0.321 e. The van der Waals surface area contributed by atoms with Gasteiger partial charge in [0, 0.05) is 0 Å². The van der Waals surface area contributed by atoms with Gasteiger partial charge in [0.2, 0.25) is 0 Å². The van der Waals surface area contributed by atoms with Crippen LogP contribution < -0.4 is 5.30 Å². The van der Waals surface area contributed by atoms with E-state index in [2.05, 4.69) is 0 Å². The van der Waals surface area contributed by atoms with Gasteiger partial charge in [-0.1, -0.05) is 36.4 Å². The molecule has 2 aromatic rings. The molecule has 0 atom stereocenters. The molecule has 0 unspecified atom stereocenters. The van der Waals surface area contributed by atoms with Crippen LogP contribution in [0.4, 0.5) is 0 Å². The van der Waals surface area contributed by atoms with Crippen molar-refractivity contribution in [3.8, 4) is 11.1 Å². The van der Waals surface area contributed by atoms with E-state index in [1.165, 1.54) is 0 Å². The van der Waals surface area contributed by atoms with Crippen LogP contribution in [0, 0.1) is 20.8 Å². The van der Waals surface area contributed by atoms with E-state index in [0.717, 1.165) is 16.7 Å². The fraction of sp³-hybridized carbons (Fsp3) is 0.200. The van der Waals surface area contributed by atoms with E-state index in [9.17, 15) is 14.4 Å². The first kappa shape index (κ1) is 14.0. The Bertz CT molecular complexity index is 648. The van der Waals surface area contributed by atoms with Gasteiger partial charge in [-0.25, -0.2) is 0 Å². The first-order chi connectivity index (χ1) is 8.80. The number of benzene rings is 2. The summed E-state index contributed by atoms with van der Waals surface area (Å²) in [6.45, 7) is 5.50. The van der Waals surface area contributed by atoms with Crippen molar-refractivity contribution in [1.29, 1.82) is 0 Å². The fourth-order valence-corrected chi connectivity index (χ4v) is 3.52. The molecule has 0 radical (unpaired) electrons. The second kappa shape index (κ2) is 4.93. The average molecular weight is 276 g/mol. The normalized spacial score (nSPS) is 11.6. The highest BCUT2D eigenvalue weighted by Gasteiger charge is 2.23. The molecule has 0 fully saturated rings. The molecule has 0 aromatic heterocycles. The van der Waals surface area contributed by atoms with E-state index in [-0.39, 0.29) is 5.30 Å². The minimum absolute atomic E-state index is 0.143. The molecule has 0 spiro atoms. The van der Waals surface area contributed by atoms with Crippen molar-refractivity contribution in [2.24, 2.45) is 0 Å². The van der Waals surface area contributed by atoms with E-state index in [1.807, 2.05) is 43.3 Å². The average Bonchev–Trinajstić information content (AvgIpc) is 2.26. The molecule has 0 amide bonds. The molecular weight excluding hydrogens is 259 g/mol. The molecule has 19 heavy (non-hydrogen) atoms. The van der Waals surface area contributed by atoms with Crippen molar-refractivity contribution in [2.75, 3.05) is 0 Å². The topological polar surface area (TPSA) is 57.5 Å². The Balaban J connectivity index is 2.65. The van der Waals surface area contributed by atoms with E-state index < -0.39 is 7.60 Å². The summed E-state index contributed by atoms with van der Waals surface area (Å²) in [6.07, 6.45) is 0. The van der Waals surface area contributed by atoms with Crippen LogP contribution in [0.5, 0.6) is 0 Å². The molecule has 100 valence electrons. The monoisotopic (exact) mass is 276 g/mol. The zero-order valence-electron chi connectivity index (χ0n) is 11.2. The van der Waals surface area contributed by atoms with E-state index in [1.54, 1.807) is 13.8 Å². The van der Waals surface area contributed by atoms with Crippen LogP contribution in [0.2, 0.25) is 0 Å². The third-order valence-corrected chi connectivity index (χ3v) is 4.53. The molecule has 0 saturated heterocycles. The van der Waals surface area contributed by atoms with Gasteiger partial charge in [-0.15, -0.1) is 0 Å². The minimum Gasteiger partial charge on any atom is -0.321 e. The van der Waals surface area contributed by atoms with Gasteiger partial charge >= 0.3 is 7.60 Å². The van der Waals surface area contributed by atoms with Crippen molar-refractivity contribution in [2.45, 2.75) is 20.8 Å². The maximum atomic E-state index is 11.5. The molecular formula is C15H17O3P. The molecule has 2 N–H and O–H groups in total. The SMILES string of the molecule is Cc1ccccc1-c1cc(C)c(P(=O)(O)O)c(C)c1. The number of aryl methyl sites for hydroxylation is 3.